The molecular formula is C32H35N5O2. The fourth-order valence-electron chi connectivity index (χ4n) is 6.07. The van der Waals surface area contributed by atoms with Crippen molar-refractivity contribution in [3.05, 3.63) is 76.7 Å². The van der Waals surface area contributed by atoms with Gasteiger partial charge in [-0.3, -0.25) is 4.79 Å². The molecule has 0 saturated carbocycles. The Balaban J connectivity index is 1.52. The van der Waals surface area contributed by atoms with E-state index in [0.29, 0.717) is 5.95 Å². The number of aryl methyl sites for hydroxylation is 2. The normalized spacial score (nSPS) is 15.5. The molecule has 2 aromatic carbocycles. The van der Waals surface area contributed by atoms with Crippen molar-refractivity contribution in [2.24, 2.45) is 0 Å². The van der Waals surface area contributed by atoms with Crippen molar-refractivity contribution in [3.63, 3.8) is 0 Å². The molecule has 0 atom stereocenters. The Kier molecular flexibility index (Phi) is 6.47. The predicted octanol–water partition coefficient (Wildman–Crippen LogP) is 5.61. The Morgan fingerprint density at radius 2 is 1.74 bits per heavy atom. The highest BCUT2D eigenvalue weighted by atomic mass is 16.5. The number of anilines is 2. The van der Waals surface area contributed by atoms with Crippen molar-refractivity contribution in [3.8, 4) is 11.1 Å². The molecule has 2 aromatic heterocycles. The van der Waals surface area contributed by atoms with Crippen molar-refractivity contribution >= 4 is 34.1 Å². The van der Waals surface area contributed by atoms with E-state index in [0.717, 1.165) is 71.5 Å². The molecule has 39 heavy (non-hydrogen) atoms. The van der Waals surface area contributed by atoms with Crippen LogP contribution in [0, 0.1) is 20.8 Å². The highest BCUT2D eigenvalue weighted by Gasteiger charge is 2.30. The minimum Gasteiger partial charge on any atom is -0.469 e. The lowest BCUT2D eigenvalue weighted by Gasteiger charge is -2.33. The maximum Gasteiger partial charge on any atom is 0.310 e. The average molecular weight is 522 g/mol. The largest absolute Gasteiger partial charge is 0.469 e. The average Bonchev–Trinajstić information content (AvgIpc) is 3.28. The second-order valence-electron chi connectivity index (χ2n) is 10.8. The second kappa shape index (κ2) is 9.97. The summed E-state index contributed by atoms with van der Waals surface area (Å²) in [6.07, 6.45) is 7.40. The van der Waals surface area contributed by atoms with E-state index in [9.17, 15) is 4.79 Å². The molecule has 2 aliphatic rings. The molecule has 0 aliphatic carbocycles. The van der Waals surface area contributed by atoms with Crippen molar-refractivity contribution in [2.45, 2.75) is 40.2 Å². The molecule has 0 fully saturated rings. The van der Waals surface area contributed by atoms with E-state index in [-0.39, 0.29) is 12.4 Å². The van der Waals surface area contributed by atoms with Gasteiger partial charge in [0, 0.05) is 55.2 Å². The van der Waals surface area contributed by atoms with Gasteiger partial charge in [0.15, 0.2) is 0 Å². The lowest BCUT2D eigenvalue weighted by Crippen LogP contribution is -2.30. The fraction of sp³-hybridized carbons (Fsp3) is 0.344. The van der Waals surface area contributed by atoms with Crippen LogP contribution in [-0.2, 0) is 22.5 Å². The van der Waals surface area contributed by atoms with Crippen molar-refractivity contribution in [1.29, 1.82) is 0 Å². The van der Waals surface area contributed by atoms with Crippen LogP contribution in [0.4, 0.5) is 11.6 Å². The van der Waals surface area contributed by atoms with Gasteiger partial charge in [-0.15, -0.1) is 0 Å². The Labute approximate surface area is 229 Å². The first-order valence-electron chi connectivity index (χ1n) is 13.6. The Morgan fingerprint density at radius 1 is 1.00 bits per heavy atom. The molecule has 4 heterocycles. The first kappa shape index (κ1) is 25.3. The molecule has 7 nitrogen and oxygen atoms in total. The molecular weight excluding hydrogens is 486 g/mol. The molecule has 0 N–H and O–H groups in total. The van der Waals surface area contributed by atoms with Crippen molar-refractivity contribution in [1.82, 2.24) is 19.4 Å². The maximum atomic E-state index is 12.7. The number of likely N-dealkylation sites (N-methyl/N-ethyl adjacent to an activating group) is 1. The molecule has 6 rings (SSSR count). The van der Waals surface area contributed by atoms with Gasteiger partial charge in [-0.2, -0.15) is 0 Å². The number of rotatable bonds is 5. The Hall–Kier alpha value is -3.97. The molecule has 200 valence electrons. The third-order valence-corrected chi connectivity index (χ3v) is 8.28. The van der Waals surface area contributed by atoms with E-state index in [1.54, 1.807) is 0 Å². The first-order chi connectivity index (χ1) is 18.9. The van der Waals surface area contributed by atoms with Gasteiger partial charge >= 0.3 is 5.97 Å². The van der Waals surface area contributed by atoms with Gasteiger partial charge in [-0.05, 0) is 68.1 Å². The zero-order valence-corrected chi connectivity index (χ0v) is 23.4. The number of methoxy groups -OCH3 is 1. The molecule has 0 saturated heterocycles. The van der Waals surface area contributed by atoms with Crippen LogP contribution in [0.25, 0.3) is 27.6 Å². The Morgan fingerprint density at radius 3 is 2.41 bits per heavy atom. The summed E-state index contributed by atoms with van der Waals surface area (Å²) in [6, 6.07) is 10.8. The van der Waals surface area contributed by atoms with Crippen LogP contribution in [0.5, 0.6) is 0 Å². The van der Waals surface area contributed by atoms with Gasteiger partial charge in [0.1, 0.15) is 0 Å². The SMILES string of the molecule is COC(=O)Cc1c(C)c2c3c(cc(C)n3CCN2c2ncc(C3=CCN(C)CC3)cn2)c1-c1ccc(C)cc1. The predicted molar refractivity (Wildman–Crippen MR) is 156 cm³/mol. The number of benzene rings is 2. The summed E-state index contributed by atoms with van der Waals surface area (Å²) in [4.78, 5) is 26.9. The van der Waals surface area contributed by atoms with E-state index >= 15 is 0 Å². The molecule has 7 heteroatoms. The summed E-state index contributed by atoms with van der Waals surface area (Å²) in [5.74, 6) is 0.442. The zero-order valence-electron chi connectivity index (χ0n) is 23.4. The molecule has 2 aliphatic heterocycles. The number of carbonyl (C=O) groups excluding carboxylic acids is 1. The minimum absolute atomic E-state index is 0.203. The summed E-state index contributed by atoms with van der Waals surface area (Å²) in [6.45, 7) is 9.97. The van der Waals surface area contributed by atoms with Gasteiger partial charge in [0.05, 0.1) is 24.7 Å². The second-order valence-corrected chi connectivity index (χ2v) is 10.8. The van der Waals surface area contributed by atoms with E-state index in [4.69, 9.17) is 14.7 Å². The van der Waals surface area contributed by atoms with E-state index < -0.39 is 0 Å². The number of carbonyl (C=O) groups is 1. The van der Waals surface area contributed by atoms with E-state index in [2.05, 4.69) is 78.6 Å². The topological polar surface area (TPSA) is 63.5 Å². The van der Waals surface area contributed by atoms with Gasteiger partial charge in [0.2, 0.25) is 5.95 Å². The number of nitrogens with zero attached hydrogens (tertiary/aromatic N) is 5. The molecule has 0 spiro atoms. The quantitative estimate of drug-likeness (QED) is 0.318. The molecule has 0 radical (unpaired) electrons. The number of hydrogen-bond donors (Lipinski definition) is 0. The van der Waals surface area contributed by atoms with E-state index in [1.165, 1.54) is 29.5 Å². The van der Waals surface area contributed by atoms with Gasteiger partial charge in [-0.1, -0.05) is 35.9 Å². The van der Waals surface area contributed by atoms with Crippen LogP contribution in [0.2, 0.25) is 0 Å². The van der Waals surface area contributed by atoms with Gasteiger partial charge in [-0.25, -0.2) is 9.97 Å². The molecule has 0 bridgehead atoms. The minimum atomic E-state index is -0.247. The summed E-state index contributed by atoms with van der Waals surface area (Å²) in [7, 11) is 3.59. The highest BCUT2D eigenvalue weighted by molar-refractivity contribution is 6.08. The smallest absolute Gasteiger partial charge is 0.310 e. The molecule has 0 unspecified atom stereocenters. The van der Waals surface area contributed by atoms with Gasteiger partial charge < -0.3 is 19.1 Å². The van der Waals surface area contributed by atoms with Crippen molar-refractivity contribution in [2.75, 3.05) is 38.7 Å². The summed E-state index contributed by atoms with van der Waals surface area (Å²) in [5, 5.41) is 1.15. The van der Waals surface area contributed by atoms with E-state index in [1.807, 2.05) is 12.4 Å². The van der Waals surface area contributed by atoms with Crippen molar-refractivity contribution < 1.29 is 9.53 Å². The summed E-state index contributed by atoms with van der Waals surface area (Å²) in [5.41, 5.74) is 11.3. The standard InChI is InChI=1S/C32H35N5O2/c1-20-6-8-24(9-7-20)29-26(17-28(38)39-5)22(3)30-31-27(29)16-21(2)36(31)14-15-37(30)32-33-18-25(19-34-32)23-10-12-35(4)13-11-23/h6-10,16,18-19H,11-15,17H2,1-5H3. The third kappa shape index (κ3) is 4.40. The van der Waals surface area contributed by atoms with Crippen LogP contribution in [0.15, 0.2) is 48.8 Å². The zero-order chi connectivity index (χ0) is 27.3. The first-order valence-corrected chi connectivity index (χ1v) is 13.6. The van der Waals surface area contributed by atoms with Crippen LogP contribution in [0.1, 0.15) is 34.4 Å². The fourth-order valence-corrected chi connectivity index (χ4v) is 6.07. The van der Waals surface area contributed by atoms with Crippen LogP contribution < -0.4 is 4.90 Å². The number of esters is 1. The molecule has 0 amide bonds. The third-order valence-electron chi connectivity index (χ3n) is 8.28. The Bertz CT molecular complexity index is 1600. The van der Waals surface area contributed by atoms with Crippen LogP contribution in [0.3, 0.4) is 0 Å². The van der Waals surface area contributed by atoms with Gasteiger partial charge in [0.25, 0.3) is 0 Å². The summed E-state index contributed by atoms with van der Waals surface area (Å²) >= 11 is 0. The highest BCUT2D eigenvalue weighted by Crippen LogP contribution is 2.46. The number of hydrogen-bond acceptors (Lipinski definition) is 6. The maximum absolute atomic E-state index is 12.7. The number of ether oxygens (including phenoxy) is 1. The lowest BCUT2D eigenvalue weighted by atomic mass is 9.88. The van der Waals surface area contributed by atoms with Crippen LogP contribution in [-0.4, -0.2) is 59.2 Å². The molecule has 4 aromatic rings. The number of aromatic nitrogens is 3. The van der Waals surface area contributed by atoms with Crippen LogP contribution >= 0.6 is 0 Å². The summed E-state index contributed by atoms with van der Waals surface area (Å²) < 4.78 is 7.54. The lowest BCUT2D eigenvalue weighted by molar-refractivity contribution is -0.139. The monoisotopic (exact) mass is 521 g/mol.